The van der Waals surface area contributed by atoms with Crippen molar-refractivity contribution >= 4 is 0 Å². The number of nitrogens with zero attached hydrogens (tertiary/aromatic N) is 1. The molecule has 1 atom stereocenters. The zero-order chi connectivity index (χ0) is 16.2. The van der Waals surface area contributed by atoms with Crippen molar-refractivity contribution in [3.63, 3.8) is 0 Å². The Balaban J connectivity index is 2.55. The van der Waals surface area contributed by atoms with Crippen LogP contribution in [0.15, 0.2) is 24.3 Å². The fraction of sp³-hybridized carbons (Fsp3) is 0.529. The Kier molecular flexibility index (Phi) is 9.44. The molecule has 1 aromatic rings. The molecular formula is C17H24FNO3. The van der Waals surface area contributed by atoms with E-state index in [0.717, 1.165) is 6.42 Å². The van der Waals surface area contributed by atoms with E-state index in [2.05, 4.69) is 5.92 Å². The maximum Gasteiger partial charge on any atom is 0.127 e. The van der Waals surface area contributed by atoms with Gasteiger partial charge < -0.3 is 14.6 Å². The smallest absolute Gasteiger partial charge is 0.127 e. The number of aliphatic hydroxyl groups is 1. The number of rotatable bonds is 11. The average molecular weight is 309 g/mol. The maximum absolute atomic E-state index is 13.8. The van der Waals surface area contributed by atoms with Crippen molar-refractivity contribution in [1.82, 2.24) is 4.90 Å². The zero-order valence-electron chi connectivity index (χ0n) is 13.0. The van der Waals surface area contributed by atoms with Crippen molar-refractivity contribution < 1.29 is 19.0 Å². The van der Waals surface area contributed by atoms with E-state index in [1.807, 2.05) is 4.90 Å². The molecular weight excluding hydrogens is 285 g/mol. The second-order valence-electron chi connectivity index (χ2n) is 5.05. The lowest BCUT2D eigenvalue weighted by Gasteiger charge is -2.25. The van der Waals surface area contributed by atoms with Crippen molar-refractivity contribution in [2.24, 2.45) is 0 Å². The summed E-state index contributed by atoms with van der Waals surface area (Å²) in [6.07, 6.45) is 5.24. The quantitative estimate of drug-likeness (QED) is 0.499. The van der Waals surface area contributed by atoms with Gasteiger partial charge in [0.15, 0.2) is 0 Å². The van der Waals surface area contributed by atoms with Crippen LogP contribution in [0.5, 0.6) is 0 Å². The highest BCUT2D eigenvalue weighted by atomic mass is 19.1. The molecule has 0 saturated heterocycles. The van der Waals surface area contributed by atoms with Gasteiger partial charge in [-0.05, 0) is 12.5 Å². The summed E-state index contributed by atoms with van der Waals surface area (Å²) < 4.78 is 23.9. The van der Waals surface area contributed by atoms with Gasteiger partial charge in [0.2, 0.25) is 0 Å². The minimum absolute atomic E-state index is 0.169. The fourth-order valence-electron chi connectivity index (χ4n) is 2.14. The Hall–Kier alpha value is -1.45. The van der Waals surface area contributed by atoms with E-state index in [4.69, 9.17) is 15.9 Å². The van der Waals surface area contributed by atoms with Crippen LogP contribution in [0.3, 0.4) is 0 Å². The van der Waals surface area contributed by atoms with Crippen LogP contribution in [0, 0.1) is 18.2 Å². The predicted octanol–water partition coefficient (Wildman–Crippen LogP) is 1.67. The standard InChI is InChI=1S/C17H24FNO3/c1-3-10-22-14-16(20)13-19(9-6-11-21-2)12-15-7-4-5-8-17(15)18/h1,4-5,7-8,16,20H,6,9-14H2,2H3/t16-/m0/s1. The number of benzene rings is 1. The van der Waals surface area contributed by atoms with E-state index in [1.165, 1.54) is 6.07 Å². The topological polar surface area (TPSA) is 41.9 Å². The second-order valence-corrected chi connectivity index (χ2v) is 5.05. The first kappa shape index (κ1) is 18.6. The molecule has 0 bridgehead atoms. The molecule has 1 rings (SSSR count). The van der Waals surface area contributed by atoms with E-state index >= 15 is 0 Å². The minimum Gasteiger partial charge on any atom is -0.389 e. The summed E-state index contributed by atoms with van der Waals surface area (Å²) in [7, 11) is 1.64. The number of hydrogen-bond acceptors (Lipinski definition) is 4. The number of methoxy groups -OCH3 is 1. The lowest BCUT2D eigenvalue weighted by atomic mass is 10.2. The zero-order valence-corrected chi connectivity index (χ0v) is 13.0. The first-order valence-electron chi connectivity index (χ1n) is 7.31. The summed E-state index contributed by atoms with van der Waals surface area (Å²) in [5.41, 5.74) is 0.608. The highest BCUT2D eigenvalue weighted by Crippen LogP contribution is 2.11. The molecule has 0 spiro atoms. The Bertz CT molecular complexity index is 461. The van der Waals surface area contributed by atoms with Crippen LogP contribution in [0.4, 0.5) is 4.39 Å². The minimum atomic E-state index is -0.664. The molecule has 0 unspecified atom stereocenters. The summed E-state index contributed by atoms with van der Waals surface area (Å²) in [4.78, 5) is 1.99. The molecule has 0 aliphatic rings. The molecule has 0 saturated carbocycles. The van der Waals surface area contributed by atoms with Gasteiger partial charge in [-0.15, -0.1) is 6.42 Å². The summed E-state index contributed by atoms with van der Waals surface area (Å²) in [6.45, 7) is 2.49. The normalized spacial score (nSPS) is 12.3. The molecule has 122 valence electrons. The molecule has 0 amide bonds. The van der Waals surface area contributed by atoms with Gasteiger partial charge in [0, 0.05) is 38.9 Å². The first-order valence-corrected chi connectivity index (χ1v) is 7.31. The third-order valence-corrected chi connectivity index (χ3v) is 3.14. The molecule has 1 aromatic carbocycles. The van der Waals surface area contributed by atoms with Gasteiger partial charge in [0.05, 0.1) is 12.7 Å². The SMILES string of the molecule is C#CCOC[C@@H](O)CN(CCCOC)Cc1ccccc1F. The van der Waals surface area contributed by atoms with Gasteiger partial charge in [-0.2, -0.15) is 0 Å². The van der Waals surface area contributed by atoms with Gasteiger partial charge >= 0.3 is 0 Å². The van der Waals surface area contributed by atoms with Crippen LogP contribution >= 0.6 is 0 Å². The van der Waals surface area contributed by atoms with Gasteiger partial charge in [-0.3, -0.25) is 4.90 Å². The highest BCUT2D eigenvalue weighted by molar-refractivity contribution is 5.17. The summed E-state index contributed by atoms with van der Waals surface area (Å²) in [6, 6.07) is 6.66. The Morgan fingerprint density at radius 2 is 2.18 bits per heavy atom. The molecule has 0 aromatic heterocycles. The number of hydrogen-bond donors (Lipinski definition) is 1. The molecule has 0 aliphatic carbocycles. The monoisotopic (exact) mass is 309 g/mol. The molecule has 1 N–H and O–H groups in total. The molecule has 4 nitrogen and oxygen atoms in total. The molecule has 22 heavy (non-hydrogen) atoms. The van der Waals surface area contributed by atoms with E-state index in [-0.39, 0.29) is 19.0 Å². The highest BCUT2D eigenvalue weighted by Gasteiger charge is 2.14. The van der Waals surface area contributed by atoms with Crippen LogP contribution in [0.25, 0.3) is 0 Å². The number of ether oxygens (including phenoxy) is 2. The fourth-order valence-corrected chi connectivity index (χ4v) is 2.14. The largest absolute Gasteiger partial charge is 0.389 e. The Labute approximate surface area is 131 Å². The third kappa shape index (κ3) is 7.53. The summed E-state index contributed by atoms with van der Waals surface area (Å²) in [5, 5.41) is 9.99. The molecule has 0 aliphatic heterocycles. The summed E-state index contributed by atoms with van der Waals surface area (Å²) in [5.74, 6) is 2.11. The van der Waals surface area contributed by atoms with E-state index in [0.29, 0.717) is 31.8 Å². The van der Waals surface area contributed by atoms with Crippen LogP contribution in [-0.4, -0.2) is 56.1 Å². The van der Waals surface area contributed by atoms with Gasteiger partial charge in [0.1, 0.15) is 12.4 Å². The van der Waals surface area contributed by atoms with Gasteiger partial charge in [0.25, 0.3) is 0 Å². The van der Waals surface area contributed by atoms with Crippen molar-refractivity contribution in [2.45, 2.75) is 19.1 Å². The van der Waals surface area contributed by atoms with Crippen molar-refractivity contribution in [2.75, 3.05) is 40.0 Å². The van der Waals surface area contributed by atoms with Crippen LogP contribution in [0.2, 0.25) is 0 Å². The molecule has 0 radical (unpaired) electrons. The van der Waals surface area contributed by atoms with Crippen LogP contribution in [-0.2, 0) is 16.0 Å². The van der Waals surface area contributed by atoms with Crippen molar-refractivity contribution in [3.8, 4) is 12.3 Å². The van der Waals surface area contributed by atoms with Crippen molar-refractivity contribution in [3.05, 3.63) is 35.6 Å². The number of halogens is 1. The molecule has 0 fully saturated rings. The lowest BCUT2D eigenvalue weighted by Crippen LogP contribution is -2.36. The lowest BCUT2D eigenvalue weighted by molar-refractivity contribution is 0.0242. The second kappa shape index (κ2) is 11.2. The van der Waals surface area contributed by atoms with Gasteiger partial charge in [-0.1, -0.05) is 24.1 Å². The van der Waals surface area contributed by atoms with Crippen LogP contribution < -0.4 is 0 Å². The molecule has 0 heterocycles. The van der Waals surface area contributed by atoms with Crippen molar-refractivity contribution in [1.29, 1.82) is 0 Å². The average Bonchev–Trinajstić information content (AvgIpc) is 2.50. The molecule has 5 heteroatoms. The van der Waals surface area contributed by atoms with E-state index in [1.54, 1.807) is 25.3 Å². The third-order valence-electron chi connectivity index (χ3n) is 3.14. The predicted molar refractivity (Wildman–Crippen MR) is 83.8 cm³/mol. The van der Waals surface area contributed by atoms with E-state index < -0.39 is 6.10 Å². The maximum atomic E-state index is 13.8. The summed E-state index contributed by atoms with van der Waals surface area (Å²) >= 11 is 0. The Morgan fingerprint density at radius 3 is 2.86 bits per heavy atom. The number of terminal acetylenes is 1. The van der Waals surface area contributed by atoms with Gasteiger partial charge in [-0.25, -0.2) is 4.39 Å². The van der Waals surface area contributed by atoms with E-state index in [9.17, 15) is 9.50 Å². The van der Waals surface area contributed by atoms with Crippen LogP contribution in [0.1, 0.15) is 12.0 Å². The number of aliphatic hydroxyl groups excluding tert-OH is 1. The Morgan fingerprint density at radius 1 is 1.41 bits per heavy atom. The first-order chi connectivity index (χ1) is 10.7.